The fraction of sp³-hybridized carbons (Fsp3) is 0.500. The molecule has 4 heteroatoms. The Kier molecular flexibility index (Phi) is 3.27. The Morgan fingerprint density at radius 1 is 1.39 bits per heavy atom. The van der Waals surface area contributed by atoms with E-state index < -0.39 is 0 Å². The van der Waals surface area contributed by atoms with Crippen molar-refractivity contribution in [3.05, 3.63) is 29.0 Å². The van der Waals surface area contributed by atoms with Gasteiger partial charge < -0.3 is 9.88 Å². The van der Waals surface area contributed by atoms with Crippen LogP contribution in [0.2, 0.25) is 5.02 Å². The zero-order valence-corrected chi connectivity index (χ0v) is 11.4. The Hall–Kier alpha value is -1.06. The number of hydrogen-bond acceptors (Lipinski definition) is 2. The van der Waals surface area contributed by atoms with Gasteiger partial charge in [-0.3, -0.25) is 0 Å². The van der Waals surface area contributed by atoms with Gasteiger partial charge in [-0.2, -0.15) is 0 Å². The van der Waals surface area contributed by atoms with E-state index in [4.69, 9.17) is 16.6 Å². The molecule has 2 heterocycles. The first-order valence-corrected chi connectivity index (χ1v) is 7.04. The van der Waals surface area contributed by atoms with Crippen LogP contribution in [0.15, 0.2) is 18.2 Å². The van der Waals surface area contributed by atoms with E-state index in [1.54, 1.807) is 0 Å². The van der Waals surface area contributed by atoms with Crippen LogP contribution < -0.4 is 5.32 Å². The Balaban J connectivity index is 2.09. The smallest absolute Gasteiger partial charge is 0.113 e. The van der Waals surface area contributed by atoms with Crippen molar-refractivity contribution < 1.29 is 0 Å². The summed E-state index contributed by atoms with van der Waals surface area (Å²) in [5.41, 5.74) is 2.23. The van der Waals surface area contributed by atoms with E-state index in [1.165, 1.54) is 24.2 Å². The first-order chi connectivity index (χ1) is 8.79. The van der Waals surface area contributed by atoms with Crippen molar-refractivity contribution in [1.29, 1.82) is 0 Å². The lowest BCUT2D eigenvalue weighted by Crippen LogP contribution is -2.28. The highest BCUT2D eigenvalue weighted by Crippen LogP contribution is 2.29. The maximum Gasteiger partial charge on any atom is 0.113 e. The minimum atomic E-state index is 0.581. The highest BCUT2D eigenvalue weighted by Gasteiger charge is 2.21. The van der Waals surface area contributed by atoms with Gasteiger partial charge in [-0.15, -0.1) is 0 Å². The van der Waals surface area contributed by atoms with E-state index in [9.17, 15) is 0 Å². The molecule has 0 saturated carbocycles. The van der Waals surface area contributed by atoms with Crippen molar-refractivity contribution >= 4 is 22.6 Å². The van der Waals surface area contributed by atoms with Crippen LogP contribution in [0.3, 0.4) is 0 Å². The van der Waals surface area contributed by atoms with Crippen LogP contribution >= 0.6 is 11.6 Å². The van der Waals surface area contributed by atoms with Gasteiger partial charge in [0.15, 0.2) is 0 Å². The SMILES string of the molecule is CCn1c(C2CCNCC2)nc2cc(Cl)ccc21. The number of halogens is 1. The molecule has 1 N–H and O–H groups in total. The van der Waals surface area contributed by atoms with Gasteiger partial charge in [0.05, 0.1) is 11.0 Å². The lowest BCUT2D eigenvalue weighted by Gasteiger charge is -2.22. The zero-order chi connectivity index (χ0) is 12.5. The third-order valence-electron chi connectivity index (χ3n) is 3.76. The van der Waals surface area contributed by atoms with Gasteiger partial charge >= 0.3 is 0 Å². The summed E-state index contributed by atoms with van der Waals surface area (Å²) in [6.07, 6.45) is 2.36. The number of hydrogen-bond donors (Lipinski definition) is 1. The highest BCUT2D eigenvalue weighted by atomic mass is 35.5. The highest BCUT2D eigenvalue weighted by molar-refractivity contribution is 6.31. The lowest BCUT2D eigenvalue weighted by molar-refractivity contribution is 0.434. The summed E-state index contributed by atoms with van der Waals surface area (Å²) in [5, 5.41) is 4.17. The van der Waals surface area contributed by atoms with E-state index in [-0.39, 0.29) is 0 Å². The number of aryl methyl sites for hydroxylation is 1. The summed E-state index contributed by atoms with van der Waals surface area (Å²) >= 11 is 6.05. The van der Waals surface area contributed by atoms with Crippen molar-refractivity contribution in [3.8, 4) is 0 Å². The van der Waals surface area contributed by atoms with Gasteiger partial charge in [-0.1, -0.05) is 11.6 Å². The van der Waals surface area contributed by atoms with Gasteiger partial charge in [0.2, 0.25) is 0 Å². The molecule has 1 aromatic heterocycles. The van der Waals surface area contributed by atoms with E-state index in [0.717, 1.165) is 30.2 Å². The summed E-state index contributed by atoms with van der Waals surface area (Å²) in [4.78, 5) is 4.82. The van der Waals surface area contributed by atoms with Crippen molar-refractivity contribution in [3.63, 3.8) is 0 Å². The molecule has 1 saturated heterocycles. The maximum atomic E-state index is 6.05. The van der Waals surface area contributed by atoms with E-state index in [1.807, 2.05) is 12.1 Å². The number of rotatable bonds is 2. The predicted octanol–water partition coefficient (Wildman–Crippen LogP) is 3.18. The molecule has 1 fully saturated rings. The molecule has 1 aromatic carbocycles. The minimum absolute atomic E-state index is 0.581. The van der Waals surface area contributed by atoms with Crippen LogP contribution in [-0.2, 0) is 6.54 Å². The van der Waals surface area contributed by atoms with Gasteiger partial charge in [-0.05, 0) is 51.1 Å². The number of aromatic nitrogens is 2. The minimum Gasteiger partial charge on any atom is -0.328 e. The molecule has 0 unspecified atom stereocenters. The molecule has 0 radical (unpaired) electrons. The lowest BCUT2D eigenvalue weighted by atomic mass is 9.97. The van der Waals surface area contributed by atoms with Crippen molar-refractivity contribution in [2.24, 2.45) is 0 Å². The van der Waals surface area contributed by atoms with Crippen LogP contribution in [0.25, 0.3) is 11.0 Å². The first-order valence-electron chi connectivity index (χ1n) is 6.66. The molecule has 0 atom stereocenters. The van der Waals surface area contributed by atoms with Crippen molar-refractivity contribution in [1.82, 2.24) is 14.9 Å². The zero-order valence-electron chi connectivity index (χ0n) is 10.6. The van der Waals surface area contributed by atoms with Crippen molar-refractivity contribution in [2.75, 3.05) is 13.1 Å². The molecule has 96 valence electrons. The first kappa shape index (κ1) is 12.0. The van der Waals surface area contributed by atoms with Crippen LogP contribution in [0.1, 0.15) is 31.5 Å². The molecular weight excluding hydrogens is 246 g/mol. The summed E-state index contributed by atoms with van der Waals surface area (Å²) in [6, 6.07) is 6.00. The Bertz CT molecular complexity index is 555. The summed E-state index contributed by atoms with van der Waals surface area (Å²) in [5.74, 6) is 1.81. The monoisotopic (exact) mass is 263 g/mol. The normalized spacial score (nSPS) is 17.4. The van der Waals surface area contributed by atoms with E-state index >= 15 is 0 Å². The molecule has 3 nitrogen and oxygen atoms in total. The number of fused-ring (bicyclic) bond motifs is 1. The van der Waals surface area contributed by atoms with Gasteiger partial charge in [0, 0.05) is 17.5 Å². The van der Waals surface area contributed by atoms with Crippen molar-refractivity contribution in [2.45, 2.75) is 32.2 Å². The molecule has 1 aliphatic heterocycles. The second-order valence-electron chi connectivity index (χ2n) is 4.87. The molecule has 18 heavy (non-hydrogen) atoms. The Morgan fingerprint density at radius 2 is 2.17 bits per heavy atom. The number of nitrogens with zero attached hydrogens (tertiary/aromatic N) is 2. The Labute approximate surface area is 112 Å². The second-order valence-corrected chi connectivity index (χ2v) is 5.31. The molecule has 2 aromatic rings. The fourth-order valence-electron chi connectivity index (χ4n) is 2.85. The average molecular weight is 264 g/mol. The standard InChI is InChI=1S/C14H18ClN3/c1-2-18-13-4-3-11(15)9-12(13)17-14(18)10-5-7-16-8-6-10/h3-4,9-10,16H,2,5-8H2,1H3. The summed E-state index contributed by atoms with van der Waals surface area (Å²) in [7, 11) is 0. The molecule has 1 aliphatic rings. The van der Waals surface area contributed by atoms with Gasteiger partial charge in [0.1, 0.15) is 5.82 Å². The van der Waals surface area contributed by atoms with Crippen LogP contribution in [0, 0.1) is 0 Å². The van der Waals surface area contributed by atoms with Crippen LogP contribution in [-0.4, -0.2) is 22.6 Å². The second kappa shape index (κ2) is 4.90. The summed E-state index contributed by atoms with van der Waals surface area (Å²) < 4.78 is 2.33. The molecular formula is C14H18ClN3. The number of nitrogens with one attached hydrogen (secondary N) is 1. The molecule has 0 aliphatic carbocycles. The third kappa shape index (κ3) is 2.02. The number of benzene rings is 1. The molecule has 0 spiro atoms. The topological polar surface area (TPSA) is 29.9 Å². The predicted molar refractivity (Wildman–Crippen MR) is 75.3 cm³/mol. The maximum absolute atomic E-state index is 6.05. The van der Waals surface area contributed by atoms with E-state index in [2.05, 4.69) is 22.9 Å². The van der Waals surface area contributed by atoms with Gasteiger partial charge in [-0.25, -0.2) is 4.98 Å². The van der Waals surface area contributed by atoms with E-state index in [0.29, 0.717) is 5.92 Å². The van der Waals surface area contributed by atoms with Gasteiger partial charge in [0.25, 0.3) is 0 Å². The van der Waals surface area contributed by atoms with Crippen LogP contribution in [0.5, 0.6) is 0 Å². The molecule has 0 amide bonds. The summed E-state index contributed by atoms with van der Waals surface area (Å²) in [6.45, 7) is 5.34. The molecule has 3 rings (SSSR count). The largest absolute Gasteiger partial charge is 0.328 e. The Morgan fingerprint density at radius 3 is 2.89 bits per heavy atom. The third-order valence-corrected chi connectivity index (χ3v) is 4.00. The number of imidazole rings is 1. The average Bonchev–Trinajstić information content (AvgIpc) is 2.77. The number of piperidine rings is 1. The molecule has 0 bridgehead atoms. The van der Waals surface area contributed by atoms with Crippen LogP contribution in [0.4, 0.5) is 0 Å². The quantitative estimate of drug-likeness (QED) is 0.902. The fourth-order valence-corrected chi connectivity index (χ4v) is 3.01.